The Labute approximate surface area is 162 Å². The van der Waals surface area contributed by atoms with Gasteiger partial charge in [-0.3, -0.25) is 9.20 Å². The van der Waals surface area contributed by atoms with Crippen LogP contribution in [-0.4, -0.2) is 29.8 Å². The van der Waals surface area contributed by atoms with Crippen molar-refractivity contribution in [1.82, 2.24) is 19.4 Å². The average molecular weight is 407 g/mol. The minimum absolute atomic E-state index is 0.0602. The fourth-order valence-electron chi connectivity index (χ4n) is 2.66. The van der Waals surface area contributed by atoms with Crippen molar-refractivity contribution in [1.29, 1.82) is 0 Å². The number of rotatable bonds is 8. The summed E-state index contributed by atoms with van der Waals surface area (Å²) in [6, 6.07) is 7.06. The number of nitrogens with one attached hydrogen (secondary N) is 2. The van der Waals surface area contributed by atoms with Gasteiger partial charge in [0, 0.05) is 30.4 Å². The normalized spacial score (nSPS) is 12.0. The molecule has 1 amide bonds. The highest BCUT2D eigenvalue weighted by atomic mass is 32.2. The Kier molecular flexibility index (Phi) is 5.93. The van der Waals surface area contributed by atoms with Crippen LogP contribution < -0.4 is 10.0 Å². The van der Waals surface area contributed by atoms with Gasteiger partial charge in [0.2, 0.25) is 15.9 Å². The Balaban J connectivity index is 1.50. The van der Waals surface area contributed by atoms with E-state index >= 15 is 0 Å². The smallest absolute Gasteiger partial charge is 0.226 e. The molecule has 3 aromatic rings. The fraction of sp³-hybridized carbons (Fsp3) is 0.333. The van der Waals surface area contributed by atoms with Crippen molar-refractivity contribution in [3.8, 4) is 0 Å². The lowest BCUT2D eigenvalue weighted by molar-refractivity contribution is -0.120. The van der Waals surface area contributed by atoms with Gasteiger partial charge in [-0.15, -0.1) is 11.3 Å². The van der Waals surface area contributed by atoms with E-state index in [4.69, 9.17) is 0 Å². The molecule has 0 aliphatic rings. The van der Waals surface area contributed by atoms with Gasteiger partial charge >= 0.3 is 0 Å². The summed E-state index contributed by atoms with van der Waals surface area (Å²) in [5.74, 6) is -0.163. The molecule has 3 rings (SSSR count). The molecule has 2 aromatic heterocycles. The number of hydrogen-bond acceptors (Lipinski definition) is 5. The van der Waals surface area contributed by atoms with Crippen LogP contribution in [0, 0.1) is 0 Å². The number of fused-ring (bicyclic) bond motifs is 1. The van der Waals surface area contributed by atoms with E-state index in [2.05, 4.69) is 15.0 Å². The molecule has 0 bridgehead atoms. The van der Waals surface area contributed by atoms with Crippen LogP contribution in [0.4, 0.5) is 0 Å². The molecule has 7 nitrogen and oxygen atoms in total. The second-order valence-corrected chi connectivity index (χ2v) is 9.25. The van der Waals surface area contributed by atoms with E-state index < -0.39 is 10.0 Å². The zero-order chi connectivity index (χ0) is 19.4. The molecule has 0 saturated carbocycles. The second-order valence-electron chi connectivity index (χ2n) is 6.63. The molecule has 1 aromatic carbocycles. The number of aromatic nitrogens is 2. The molecule has 0 aliphatic carbocycles. The van der Waals surface area contributed by atoms with Gasteiger partial charge < -0.3 is 5.32 Å². The van der Waals surface area contributed by atoms with Gasteiger partial charge in [-0.1, -0.05) is 24.3 Å². The third kappa shape index (κ3) is 5.62. The number of benzene rings is 1. The Morgan fingerprint density at radius 3 is 2.59 bits per heavy atom. The summed E-state index contributed by atoms with van der Waals surface area (Å²) >= 11 is 1.53. The fourth-order valence-corrected chi connectivity index (χ4v) is 4.81. The summed E-state index contributed by atoms with van der Waals surface area (Å²) < 4.78 is 28.4. The van der Waals surface area contributed by atoms with Gasteiger partial charge in [-0.25, -0.2) is 18.1 Å². The molecule has 0 aliphatic heterocycles. The van der Waals surface area contributed by atoms with E-state index in [1.807, 2.05) is 34.3 Å². The van der Waals surface area contributed by atoms with E-state index in [9.17, 15) is 13.2 Å². The molecule has 2 N–H and O–H groups in total. The molecular formula is C18H22N4O3S2. The van der Waals surface area contributed by atoms with Gasteiger partial charge in [0.25, 0.3) is 0 Å². The van der Waals surface area contributed by atoms with E-state index in [0.717, 1.165) is 16.2 Å². The lowest BCUT2D eigenvalue weighted by atomic mass is 10.1. The third-order valence-electron chi connectivity index (χ3n) is 3.77. The third-order valence-corrected chi connectivity index (χ3v) is 6.08. The van der Waals surface area contributed by atoms with Gasteiger partial charge in [0.1, 0.15) is 0 Å². The largest absolute Gasteiger partial charge is 0.352 e. The standard InChI is InChI=1S/C18H22N4O3S2/c1-13(2)21-27(24,25)12-15-5-3-14(4-6-15)10-19-17(23)9-16-11-22-7-8-26-18(22)20-16/h3-8,11,13,21H,9-10,12H2,1-2H3,(H,19,23). The number of imidazole rings is 1. The number of carbonyl (C=O) groups excluding carboxylic acids is 1. The number of hydrogen-bond donors (Lipinski definition) is 2. The van der Waals surface area contributed by atoms with E-state index in [0.29, 0.717) is 12.1 Å². The minimum Gasteiger partial charge on any atom is -0.352 e. The van der Waals surface area contributed by atoms with Gasteiger partial charge in [0.15, 0.2) is 4.96 Å². The van der Waals surface area contributed by atoms with Crippen molar-refractivity contribution in [2.75, 3.05) is 0 Å². The first-order valence-corrected chi connectivity index (χ1v) is 11.1. The first-order valence-electron chi connectivity index (χ1n) is 8.56. The van der Waals surface area contributed by atoms with Crippen molar-refractivity contribution in [3.05, 3.63) is 58.9 Å². The summed E-state index contributed by atoms with van der Waals surface area (Å²) in [4.78, 5) is 17.4. The maximum Gasteiger partial charge on any atom is 0.226 e. The van der Waals surface area contributed by atoms with Crippen molar-refractivity contribution in [2.24, 2.45) is 0 Å². The molecule has 0 atom stereocenters. The van der Waals surface area contributed by atoms with Crippen LogP contribution in [0.25, 0.3) is 4.96 Å². The topological polar surface area (TPSA) is 92.6 Å². The molecule has 144 valence electrons. The second kappa shape index (κ2) is 8.20. The number of thiazole rings is 1. The maximum absolute atomic E-state index is 12.1. The molecule has 27 heavy (non-hydrogen) atoms. The van der Waals surface area contributed by atoms with E-state index in [1.165, 1.54) is 11.3 Å². The maximum atomic E-state index is 12.1. The van der Waals surface area contributed by atoms with Crippen LogP contribution in [0.3, 0.4) is 0 Å². The molecular weight excluding hydrogens is 384 g/mol. The van der Waals surface area contributed by atoms with Crippen molar-refractivity contribution in [2.45, 2.75) is 38.6 Å². The summed E-state index contributed by atoms with van der Waals surface area (Å²) in [6.07, 6.45) is 3.99. The van der Waals surface area contributed by atoms with Crippen molar-refractivity contribution < 1.29 is 13.2 Å². The predicted octanol–water partition coefficient (Wildman–Crippen LogP) is 2.08. The first kappa shape index (κ1) is 19.5. The molecule has 0 radical (unpaired) electrons. The van der Waals surface area contributed by atoms with Gasteiger partial charge in [-0.05, 0) is 25.0 Å². The van der Waals surface area contributed by atoms with Crippen LogP contribution in [0.5, 0.6) is 0 Å². The molecule has 0 unspecified atom stereocenters. The molecule has 0 fully saturated rings. The Morgan fingerprint density at radius 2 is 1.93 bits per heavy atom. The Morgan fingerprint density at radius 1 is 1.22 bits per heavy atom. The Bertz CT molecular complexity index is 992. The van der Waals surface area contributed by atoms with Crippen molar-refractivity contribution in [3.63, 3.8) is 0 Å². The van der Waals surface area contributed by atoms with Crippen LogP contribution in [-0.2, 0) is 33.5 Å². The van der Waals surface area contributed by atoms with Gasteiger partial charge in [0.05, 0.1) is 17.9 Å². The number of carbonyl (C=O) groups is 1. The highest BCUT2D eigenvalue weighted by molar-refractivity contribution is 7.88. The zero-order valence-electron chi connectivity index (χ0n) is 15.2. The van der Waals surface area contributed by atoms with Crippen LogP contribution in [0.15, 0.2) is 42.0 Å². The SMILES string of the molecule is CC(C)NS(=O)(=O)Cc1ccc(CNC(=O)Cc2cn3ccsc3n2)cc1. The monoisotopic (exact) mass is 406 g/mol. The Hall–Kier alpha value is -2.23. The molecule has 9 heteroatoms. The van der Waals surface area contributed by atoms with Gasteiger partial charge in [-0.2, -0.15) is 0 Å². The molecule has 2 heterocycles. The zero-order valence-corrected chi connectivity index (χ0v) is 16.8. The predicted molar refractivity (Wildman–Crippen MR) is 106 cm³/mol. The minimum atomic E-state index is -3.34. The first-order chi connectivity index (χ1) is 12.8. The number of amides is 1. The van der Waals surface area contributed by atoms with Crippen molar-refractivity contribution >= 4 is 32.2 Å². The lowest BCUT2D eigenvalue weighted by Gasteiger charge is -2.10. The van der Waals surface area contributed by atoms with E-state index in [-0.39, 0.29) is 24.1 Å². The van der Waals surface area contributed by atoms with E-state index in [1.54, 1.807) is 26.0 Å². The summed E-state index contributed by atoms with van der Waals surface area (Å²) in [5, 5.41) is 4.81. The quantitative estimate of drug-likeness (QED) is 0.599. The number of nitrogens with zero attached hydrogens (tertiary/aromatic N) is 2. The highest BCUT2D eigenvalue weighted by Gasteiger charge is 2.13. The number of sulfonamides is 1. The van der Waals surface area contributed by atoms with Crippen LogP contribution in [0.1, 0.15) is 30.7 Å². The lowest BCUT2D eigenvalue weighted by Crippen LogP contribution is -2.31. The average Bonchev–Trinajstić information content (AvgIpc) is 3.14. The summed E-state index contributed by atoms with van der Waals surface area (Å²) in [5.41, 5.74) is 2.35. The molecule has 0 saturated heterocycles. The summed E-state index contributed by atoms with van der Waals surface area (Å²) in [6.45, 7) is 3.96. The van der Waals surface area contributed by atoms with Crippen LogP contribution >= 0.6 is 11.3 Å². The molecule has 0 spiro atoms. The highest BCUT2D eigenvalue weighted by Crippen LogP contribution is 2.12. The summed E-state index contributed by atoms with van der Waals surface area (Å²) in [7, 11) is -3.34. The van der Waals surface area contributed by atoms with Crippen LogP contribution in [0.2, 0.25) is 0 Å².